The van der Waals surface area contributed by atoms with Crippen LogP contribution in [0.2, 0.25) is 0 Å². The van der Waals surface area contributed by atoms with Crippen molar-refractivity contribution in [3.63, 3.8) is 0 Å². The fraction of sp³-hybridized carbons (Fsp3) is 0.133. The van der Waals surface area contributed by atoms with E-state index in [0.717, 1.165) is 22.6 Å². The zero-order chi connectivity index (χ0) is 15.5. The molecule has 0 aromatic heterocycles. The number of carbonyl (C=O) groups is 1. The van der Waals surface area contributed by atoms with Crippen LogP contribution in [0.3, 0.4) is 0 Å². The highest BCUT2D eigenvalue weighted by Gasteiger charge is 2.29. The van der Waals surface area contributed by atoms with Gasteiger partial charge < -0.3 is 5.32 Å². The highest BCUT2D eigenvalue weighted by molar-refractivity contribution is 7.80. The molecular weight excluding hydrogens is 299 g/mol. The standard InChI is InChI=1S/C15H12F3NOS/c16-15(17,18)11-3-5-12(6-4-11)19-14(20)9-10-1-7-13(21)8-2-10/h1-8,21H,9H2,(H,19,20). The average molecular weight is 311 g/mol. The third kappa shape index (κ3) is 4.53. The van der Waals surface area contributed by atoms with Crippen molar-refractivity contribution < 1.29 is 18.0 Å². The van der Waals surface area contributed by atoms with Gasteiger partial charge in [0, 0.05) is 10.6 Å². The summed E-state index contributed by atoms with van der Waals surface area (Å²) < 4.78 is 37.2. The van der Waals surface area contributed by atoms with Crippen LogP contribution in [0.1, 0.15) is 11.1 Å². The Morgan fingerprint density at radius 2 is 1.57 bits per heavy atom. The monoisotopic (exact) mass is 311 g/mol. The fourth-order valence-corrected chi connectivity index (χ4v) is 1.90. The molecule has 2 aromatic carbocycles. The normalized spacial score (nSPS) is 11.2. The number of nitrogens with one attached hydrogen (secondary N) is 1. The molecule has 1 amide bonds. The van der Waals surface area contributed by atoms with Gasteiger partial charge in [-0.1, -0.05) is 12.1 Å². The Balaban J connectivity index is 1.98. The Hall–Kier alpha value is -1.95. The number of rotatable bonds is 3. The summed E-state index contributed by atoms with van der Waals surface area (Å²) in [5, 5.41) is 2.56. The summed E-state index contributed by atoms with van der Waals surface area (Å²) in [6.45, 7) is 0. The second kappa shape index (κ2) is 6.22. The van der Waals surface area contributed by atoms with Crippen molar-refractivity contribution in [3.8, 4) is 0 Å². The summed E-state index contributed by atoms with van der Waals surface area (Å²) in [4.78, 5) is 12.6. The first-order chi connectivity index (χ1) is 9.84. The van der Waals surface area contributed by atoms with E-state index in [4.69, 9.17) is 0 Å². The van der Waals surface area contributed by atoms with Crippen molar-refractivity contribution in [1.82, 2.24) is 0 Å². The SMILES string of the molecule is O=C(Cc1ccc(S)cc1)Nc1ccc(C(F)(F)F)cc1. The minimum Gasteiger partial charge on any atom is -0.326 e. The van der Waals surface area contributed by atoms with Gasteiger partial charge in [0.15, 0.2) is 0 Å². The maximum absolute atomic E-state index is 12.4. The van der Waals surface area contributed by atoms with Crippen LogP contribution in [-0.2, 0) is 17.4 Å². The van der Waals surface area contributed by atoms with Gasteiger partial charge in [-0.05, 0) is 42.0 Å². The molecule has 0 saturated carbocycles. The fourth-order valence-electron chi connectivity index (χ4n) is 1.75. The molecule has 21 heavy (non-hydrogen) atoms. The number of alkyl halides is 3. The molecule has 2 nitrogen and oxygen atoms in total. The maximum atomic E-state index is 12.4. The number of thiol groups is 1. The van der Waals surface area contributed by atoms with Crippen LogP contribution in [-0.4, -0.2) is 5.91 Å². The van der Waals surface area contributed by atoms with Crippen LogP contribution in [0.4, 0.5) is 18.9 Å². The zero-order valence-corrected chi connectivity index (χ0v) is 11.7. The Bertz CT molecular complexity index is 621. The molecule has 0 aliphatic carbocycles. The van der Waals surface area contributed by atoms with E-state index in [2.05, 4.69) is 17.9 Å². The lowest BCUT2D eigenvalue weighted by molar-refractivity contribution is -0.137. The molecule has 110 valence electrons. The maximum Gasteiger partial charge on any atom is 0.416 e. The molecule has 1 N–H and O–H groups in total. The predicted octanol–water partition coefficient (Wildman–Crippen LogP) is 4.18. The number of hydrogen-bond acceptors (Lipinski definition) is 2. The molecule has 2 aromatic rings. The van der Waals surface area contributed by atoms with E-state index < -0.39 is 11.7 Å². The number of hydrogen-bond donors (Lipinski definition) is 2. The molecule has 0 aliphatic rings. The molecule has 2 rings (SSSR count). The smallest absolute Gasteiger partial charge is 0.326 e. The summed E-state index contributed by atoms with van der Waals surface area (Å²) in [6.07, 6.45) is -4.23. The summed E-state index contributed by atoms with van der Waals surface area (Å²) in [6, 6.07) is 11.4. The molecule has 0 aliphatic heterocycles. The van der Waals surface area contributed by atoms with Gasteiger partial charge in [0.1, 0.15) is 0 Å². The summed E-state index contributed by atoms with van der Waals surface area (Å²) >= 11 is 4.14. The van der Waals surface area contributed by atoms with E-state index in [1.807, 2.05) is 0 Å². The Morgan fingerprint density at radius 1 is 1.00 bits per heavy atom. The number of anilines is 1. The lowest BCUT2D eigenvalue weighted by atomic mass is 10.1. The summed E-state index contributed by atoms with van der Waals surface area (Å²) in [5.41, 5.74) is 0.390. The van der Waals surface area contributed by atoms with Gasteiger partial charge in [0.2, 0.25) is 5.91 Å². The number of halogens is 3. The molecule has 6 heteroatoms. The average Bonchev–Trinajstić information content (AvgIpc) is 2.41. The largest absolute Gasteiger partial charge is 0.416 e. The second-order valence-corrected chi connectivity index (χ2v) is 4.98. The molecule has 0 saturated heterocycles. The Labute approximate surface area is 125 Å². The van der Waals surface area contributed by atoms with Crippen molar-refractivity contribution >= 4 is 24.2 Å². The van der Waals surface area contributed by atoms with Gasteiger partial charge in [-0.25, -0.2) is 0 Å². The van der Waals surface area contributed by atoms with Gasteiger partial charge in [-0.15, -0.1) is 12.6 Å². The number of carbonyl (C=O) groups excluding carboxylic acids is 1. The molecule has 0 atom stereocenters. The van der Waals surface area contributed by atoms with Gasteiger partial charge >= 0.3 is 6.18 Å². The second-order valence-electron chi connectivity index (χ2n) is 4.47. The molecule has 0 bridgehead atoms. The van der Waals surface area contributed by atoms with E-state index in [0.29, 0.717) is 5.69 Å². The van der Waals surface area contributed by atoms with Crippen LogP contribution in [0.5, 0.6) is 0 Å². The minimum atomic E-state index is -4.38. The third-order valence-corrected chi connectivity index (χ3v) is 3.10. The molecule has 0 spiro atoms. The van der Waals surface area contributed by atoms with Crippen LogP contribution >= 0.6 is 12.6 Å². The van der Waals surface area contributed by atoms with Gasteiger partial charge in [-0.3, -0.25) is 4.79 Å². The minimum absolute atomic E-state index is 0.148. The Morgan fingerprint density at radius 3 is 2.10 bits per heavy atom. The van der Waals surface area contributed by atoms with Crippen LogP contribution in [0.15, 0.2) is 53.4 Å². The highest BCUT2D eigenvalue weighted by Crippen LogP contribution is 2.29. The number of benzene rings is 2. The van der Waals surface area contributed by atoms with Crippen LogP contribution in [0.25, 0.3) is 0 Å². The van der Waals surface area contributed by atoms with Crippen LogP contribution < -0.4 is 5.32 Å². The van der Waals surface area contributed by atoms with Crippen molar-refractivity contribution in [1.29, 1.82) is 0 Å². The first-order valence-electron chi connectivity index (χ1n) is 6.09. The van der Waals surface area contributed by atoms with Crippen LogP contribution in [0, 0.1) is 0 Å². The van der Waals surface area contributed by atoms with E-state index in [1.165, 1.54) is 12.1 Å². The molecule has 0 unspecified atom stereocenters. The van der Waals surface area contributed by atoms with E-state index in [1.54, 1.807) is 24.3 Å². The molecular formula is C15H12F3NOS. The number of amides is 1. The zero-order valence-electron chi connectivity index (χ0n) is 10.8. The van der Waals surface area contributed by atoms with Crippen molar-refractivity contribution in [2.24, 2.45) is 0 Å². The molecule has 0 heterocycles. The topological polar surface area (TPSA) is 29.1 Å². The van der Waals surface area contributed by atoms with Gasteiger partial charge in [0.25, 0.3) is 0 Å². The summed E-state index contributed by atoms with van der Waals surface area (Å²) in [7, 11) is 0. The molecule has 0 fully saturated rings. The predicted molar refractivity (Wildman–Crippen MR) is 77.5 cm³/mol. The summed E-state index contributed by atoms with van der Waals surface area (Å²) in [5.74, 6) is -0.290. The Kier molecular flexibility index (Phi) is 4.57. The first kappa shape index (κ1) is 15.4. The van der Waals surface area contributed by atoms with Gasteiger partial charge in [-0.2, -0.15) is 13.2 Å². The lowest BCUT2D eigenvalue weighted by Gasteiger charge is -2.09. The van der Waals surface area contributed by atoms with E-state index in [-0.39, 0.29) is 12.3 Å². The van der Waals surface area contributed by atoms with E-state index in [9.17, 15) is 18.0 Å². The quantitative estimate of drug-likeness (QED) is 0.818. The molecule has 0 radical (unpaired) electrons. The first-order valence-corrected chi connectivity index (χ1v) is 6.54. The third-order valence-electron chi connectivity index (χ3n) is 2.80. The van der Waals surface area contributed by atoms with E-state index >= 15 is 0 Å². The van der Waals surface area contributed by atoms with Crippen molar-refractivity contribution in [3.05, 3.63) is 59.7 Å². The van der Waals surface area contributed by atoms with Crippen molar-refractivity contribution in [2.75, 3.05) is 5.32 Å². The van der Waals surface area contributed by atoms with Crippen molar-refractivity contribution in [2.45, 2.75) is 17.5 Å². The highest BCUT2D eigenvalue weighted by atomic mass is 32.1. The van der Waals surface area contributed by atoms with Gasteiger partial charge in [0.05, 0.1) is 12.0 Å². The lowest BCUT2D eigenvalue weighted by Crippen LogP contribution is -2.14.